The summed E-state index contributed by atoms with van der Waals surface area (Å²) in [6, 6.07) is 14.8. The number of halogens is 2. The van der Waals surface area contributed by atoms with Gasteiger partial charge in [-0.25, -0.2) is 9.07 Å². The third-order valence-electron chi connectivity index (χ3n) is 7.12. The van der Waals surface area contributed by atoms with Crippen LogP contribution in [0.3, 0.4) is 0 Å². The first kappa shape index (κ1) is 19.9. The number of aryl methyl sites for hydroxylation is 1. The Balaban J connectivity index is 1.45. The zero-order chi connectivity index (χ0) is 20.9. The highest BCUT2D eigenvalue weighted by molar-refractivity contribution is 14.1. The van der Waals surface area contributed by atoms with Gasteiger partial charge in [0.05, 0.1) is 23.2 Å². The van der Waals surface area contributed by atoms with Gasteiger partial charge in [-0.15, -0.1) is 0 Å². The van der Waals surface area contributed by atoms with E-state index in [-0.39, 0.29) is 11.2 Å². The van der Waals surface area contributed by atoms with Crippen molar-refractivity contribution in [3.05, 3.63) is 86.5 Å². The third kappa shape index (κ3) is 3.14. The molecule has 0 aliphatic heterocycles. The van der Waals surface area contributed by atoms with Crippen molar-refractivity contribution in [3.8, 4) is 5.69 Å². The Labute approximate surface area is 189 Å². The summed E-state index contributed by atoms with van der Waals surface area (Å²) >= 11 is 2.38. The molecule has 1 fully saturated rings. The van der Waals surface area contributed by atoms with Gasteiger partial charge in [0.15, 0.2) is 0 Å². The van der Waals surface area contributed by atoms with Gasteiger partial charge in [-0.2, -0.15) is 5.10 Å². The fourth-order valence-electron chi connectivity index (χ4n) is 5.16. The first-order valence-corrected chi connectivity index (χ1v) is 11.5. The van der Waals surface area contributed by atoms with Crippen molar-refractivity contribution in [1.29, 1.82) is 0 Å². The molecule has 2 aliphatic rings. The van der Waals surface area contributed by atoms with Crippen LogP contribution in [-0.4, -0.2) is 20.5 Å². The summed E-state index contributed by atoms with van der Waals surface area (Å²) in [5.74, 6) is -0.250. The van der Waals surface area contributed by atoms with Gasteiger partial charge in [-0.05, 0) is 102 Å². The van der Waals surface area contributed by atoms with Crippen molar-refractivity contribution in [2.75, 3.05) is 0 Å². The fraction of sp³-hybridized carbons (Fsp3) is 0.320. The van der Waals surface area contributed by atoms with E-state index < -0.39 is 5.60 Å². The van der Waals surface area contributed by atoms with E-state index in [4.69, 9.17) is 0 Å². The molecule has 0 saturated heterocycles. The van der Waals surface area contributed by atoms with Gasteiger partial charge in [0.25, 0.3) is 0 Å². The van der Waals surface area contributed by atoms with Crippen molar-refractivity contribution < 1.29 is 9.50 Å². The molecule has 1 N–H and O–H groups in total. The van der Waals surface area contributed by atoms with Crippen molar-refractivity contribution in [2.45, 2.75) is 44.6 Å². The molecule has 1 unspecified atom stereocenters. The van der Waals surface area contributed by atoms with Crippen LogP contribution in [0.5, 0.6) is 0 Å². The number of hydrogen-bond donors (Lipinski definition) is 1. The Morgan fingerprint density at radius 1 is 1.17 bits per heavy atom. The molecule has 30 heavy (non-hydrogen) atoms. The minimum atomic E-state index is -0.729. The second kappa shape index (κ2) is 7.31. The van der Waals surface area contributed by atoms with Gasteiger partial charge < -0.3 is 5.11 Å². The smallest absolute Gasteiger partial charge is 0.123 e. The summed E-state index contributed by atoms with van der Waals surface area (Å²) < 4.78 is 16.5. The van der Waals surface area contributed by atoms with Gasteiger partial charge in [0.2, 0.25) is 0 Å². The highest BCUT2D eigenvalue weighted by Crippen LogP contribution is 2.56. The fourth-order valence-corrected chi connectivity index (χ4v) is 5.82. The quantitative estimate of drug-likeness (QED) is 0.453. The minimum absolute atomic E-state index is 0.250. The van der Waals surface area contributed by atoms with Crippen LogP contribution in [0.25, 0.3) is 11.8 Å². The molecule has 5 rings (SSSR count). The molecule has 1 aromatic heterocycles. The van der Waals surface area contributed by atoms with Crippen LogP contribution in [0, 0.1) is 14.8 Å². The summed E-state index contributed by atoms with van der Waals surface area (Å²) in [7, 11) is 0. The highest BCUT2D eigenvalue weighted by Gasteiger charge is 2.54. The van der Waals surface area contributed by atoms with E-state index in [1.54, 1.807) is 12.1 Å². The molecule has 2 aliphatic carbocycles. The van der Waals surface area contributed by atoms with Crippen LogP contribution in [0.4, 0.5) is 4.39 Å². The maximum Gasteiger partial charge on any atom is 0.123 e. The summed E-state index contributed by atoms with van der Waals surface area (Å²) in [5, 5.41) is 16.3. The Bertz CT molecular complexity index is 1140. The Kier molecular flexibility index (Phi) is 4.86. The van der Waals surface area contributed by atoms with Crippen molar-refractivity contribution in [2.24, 2.45) is 5.41 Å². The lowest BCUT2D eigenvalue weighted by atomic mass is 9.65. The molecule has 2 atom stereocenters. The maximum atomic E-state index is 13.3. The lowest BCUT2D eigenvalue weighted by molar-refractivity contribution is -0.0461. The molecule has 1 saturated carbocycles. The predicted molar refractivity (Wildman–Crippen MR) is 125 cm³/mol. The van der Waals surface area contributed by atoms with Crippen LogP contribution >= 0.6 is 22.6 Å². The summed E-state index contributed by atoms with van der Waals surface area (Å²) in [6.07, 6.45) is 8.19. The SMILES string of the molecule is CC12Cc3cnn(-c4ccc(F)cc4)c3C=C1CC[C@@]2(O)CCc1ccccc1I. The van der Waals surface area contributed by atoms with Crippen LogP contribution in [0.1, 0.15) is 43.0 Å². The van der Waals surface area contributed by atoms with E-state index in [1.165, 1.54) is 26.8 Å². The number of aromatic nitrogens is 2. The molecule has 154 valence electrons. The van der Waals surface area contributed by atoms with Crippen LogP contribution in [0.2, 0.25) is 0 Å². The van der Waals surface area contributed by atoms with Gasteiger partial charge in [0.1, 0.15) is 5.82 Å². The van der Waals surface area contributed by atoms with Crippen LogP contribution in [-0.2, 0) is 12.8 Å². The molecule has 3 aromatic rings. The van der Waals surface area contributed by atoms with E-state index in [2.05, 4.69) is 65.0 Å². The van der Waals surface area contributed by atoms with E-state index in [9.17, 15) is 9.50 Å². The Morgan fingerprint density at radius 3 is 2.70 bits per heavy atom. The Morgan fingerprint density at radius 2 is 1.93 bits per heavy atom. The number of hydrogen-bond acceptors (Lipinski definition) is 2. The van der Waals surface area contributed by atoms with Crippen LogP contribution < -0.4 is 0 Å². The van der Waals surface area contributed by atoms with E-state index in [0.717, 1.165) is 49.0 Å². The molecular weight excluding hydrogens is 490 g/mol. The van der Waals surface area contributed by atoms with Crippen molar-refractivity contribution in [3.63, 3.8) is 0 Å². The molecule has 0 radical (unpaired) electrons. The minimum Gasteiger partial charge on any atom is -0.389 e. The molecule has 0 spiro atoms. The average Bonchev–Trinajstić information content (AvgIpc) is 3.24. The van der Waals surface area contributed by atoms with Gasteiger partial charge >= 0.3 is 0 Å². The summed E-state index contributed by atoms with van der Waals surface area (Å²) in [4.78, 5) is 0. The zero-order valence-electron chi connectivity index (χ0n) is 16.9. The topological polar surface area (TPSA) is 38.0 Å². The molecule has 3 nitrogen and oxygen atoms in total. The van der Waals surface area contributed by atoms with Crippen molar-refractivity contribution in [1.82, 2.24) is 9.78 Å². The van der Waals surface area contributed by atoms with Gasteiger partial charge in [-0.1, -0.05) is 30.7 Å². The number of rotatable bonds is 4. The highest BCUT2D eigenvalue weighted by atomic mass is 127. The summed E-state index contributed by atoms with van der Waals surface area (Å²) in [5.41, 5.74) is 4.63. The largest absolute Gasteiger partial charge is 0.389 e. The zero-order valence-corrected chi connectivity index (χ0v) is 19.1. The summed E-state index contributed by atoms with van der Waals surface area (Å²) in [6.45, 7) is 2.21. The second-order valence-corrected chi connectivity index (χ2v) is 9.91. The third-order valence-corrected chi connectivity index (χ3v) is 8.17. The monoisotopic (exact) mass is 514 g/mol. The second-order valence-electron chi connectivity index (χ2n) is 8.74. The van der Waals surface area contributed by atoms with Gasteiger partial charge in [-0.3, -0.25) is 0 Å². The predicted octanol–water partition coefficient (Wildman–Crippen LogP) is 5.72. The molecule has 0 amide bonds. The van der Waals surface area contributed by atoms with E-state index in [0.29, 0.717) is 0 Å². The lowest BCUT2D eigenvalue weighted by Crippen LogP contribution is -2.45. The first-order chi connectivity index (χ1) is 14.4. The average molecular weight is 514 g/mol. The molecule has 2 aromatic carbocycles. The molecule has 5 heteroatoms. The number of fused-ring (bicyclic) bond motifs is 2. The maximum absolute atomic E-state index is 13.3. The lowest BCUT2D eigenvalue weighted by Gasteiger charge is -2.42. The number of aliphatic hydroxyl groups is 1. The molecular formula is C25H24FIN2O. The van der Waals surface area contributed by atoms with Gasteiger partial charge in [0, 0.05) is 8.99 Å². The van der Waals surface area contributed by atoms with Crippen LogP contribution in [0.15, 0.2) is 60.3 Å². The number of benzene rings is 2. The molecule has 0 bridgehead atoms. The Hall–Kier alpha value is -1.99. The number of nitrogens with zero attached hydrogens (tertiary/aromatic N) is 2. The first-order valence-electron chi connectivity index (χ1n) is 10.4. The molecule has 1 heterocycles. The van der Waals surface area contributed by atoms with Crippen molar-refractivity contribution >= 4 is 28.7 Å². The normalized spacial score (nSPS) is 25.0. The van der Waals surface area contributed by atoms with E-state index in [1.807, 2.05) is 10.9 Å². The standard InChI is InChI=1S/C25H24FIN2O/c1-24-15-18-16-28-29(21-8-6-20(26)7-9-21)23(18)14-19(24)11-13-25(24,30)12-10-17-4-2-3-5-22(17)27/h2-9,14,16,30H,10-13,15H2,1H3/t24?,25-/m0/s1. The van der Waals surface area contributed by atoms with E-state index >= 15 is 0 Å².